The van der Waals surface area contributed by atoms with Gasteiger partial charge in [-0.1, -0.05) is 42.5 Å². The summed E-state index contributed by atoms with van der Waals surface area (Å²) in [4.78, 5) is 20.9. The van der Waals surface area contributed by atoms with E-state index in [1.165, 1.54) is 6.08 Å². The molecule has 0 amide bonds. The van der Waals surface area contributed by atoms with E-state index in [9.17, 15) is 18.7 Å². The van der Waals surface area contributed by atoms with Crippen LogP contribution in [-0.4, -0.2) is 32.6 Å². The molecule has 0 unspecified atom stereocenters. The Bertz CT molecular complexity index is 1320. The van der Waals surface area contributed by atoms with E-state index in [0.717, 1.165) is 12.1 Å². The number of allylic oxidation sites excluding steroid dienone is 1. The molecule has 0 aliphatic rings. The molecule has 0 bridgehead atoms. The molecule has 32 heavy (non-hydrogen) atoms. The number of halogens is 2. The number of rotatable bonds is 6. The Morgan fingerprint density at radius 1 is 0.969 bits per heavy atom. The van der Waals surface area contributed by atoms with Gasteiger partial charge < -0.3 is 15.2 Å². The molecule has 7 heteroatoms. The van der Waals surface area contributed by atoms with E-state index in [-0.39, 0.29) is 29.1 Å². The minimum absolute atomic E-state index is 0.0645. The van der Waals surface area contributed by atoms with Gasteiger partial charge in [0.2, 0.25) is 5.78 Å². The van der Waals surface area contributed by atoms with Gasteiger partial charge in [0.1, 0.15) is 28.8 Å². The van der Waals surface area contributed by atoms with Gasteiger partial charge in [0.05, 0.1) is 17.6 Å². The topological polar surface area (TPSA) is 86.2 Å². The number of benzene rings is 3. The number of ketones is 1. The molecular formula is C25H18F2N2O3. The first-order valence-electron chi connectivity index (χ1n) is 9.73. The fourth-order valence-corrected chi connectivity index (χ4v) is 3.35. The van der Waals surface area contributed by atoms with Crippen molar-refractivity contribution in [1.82, 2.24) is 9.97 Å². The number of aliphatic hydroxyl groups excluding tert-OH is 2. The lowest BCUT2D eigenvalue weighted by atomic mass is 9.97. The van der Waals surface area contributed by atoms with Gasteiger partial charge in [0.15, 0.2) is 0 Å². The third-order valence-corrected chi connectivity index (χ3v) is 4.79. The van der Waals surface area contributed by atoms with Crippen LogP contribution in [-0.2, 0) is 0 Å². The molecule has 160 valence electrons. The van der Waals surface area contributed by atoms with Gasteiger partial charge in [-0.15, -0.1) is 0 Å². The molecule has 0 radical (unpaired) electrons. The molecule has 4 rings (SSSR count). The largest absolute Gasteiger partial charge is 0.506 e. The highest BCUT2D eigenvalue weighted by Gasteiger charge is 2.24. The Labute approximate surface area is 182 Å². The van der Waals surface area contributed by atoms with Crippen LogP contribution >= 0.6 is 0 Å². The van der Waals surface area contributed by atoms with Crippen molar-refractivity contribution in [2.45, 2.75) is 0 Å². The molecule has 5 nitrogen and oxygen atoms in total. The molecule has 0 aliphatic carbocycles. The number of H-pyrrole nitrogens is 1. The maximum atomic E-state index is 13.8. The summed E-state index contributed by atoms with van der Waals surface area (Å²) in [5.41, 5.74) is 1.66. The lowest BCUT2D eigenvalue weighted by Crippen LogP contribution is -2.08. The fourth-order valence-electron chi connectivity index (χ4n) is 3.35. The summed E-state index contributed by atoms with van der Waals surface area (Å²) in [7, 11) is 0. The molecular weight excluding hydrogens is 414 g/mol. The van der Waals surface area contributed by atoms with Crippen molar-refractivity contribution in [3.63, 3.8) is 0 Å². The van der Waals surface area contributed by atoms with Crippen molar-refractivity contribution >= 4 is 34.2 Å². The summed E-state index contributed by atoms with van der Waals surface area (Å²) >= 11 is 0. The number of aromatic amines is 1. The SMILES string of the molecule is O=C(C(=C(O)c1cc(F)cc(F)c1)c1nc2ccccc2[nH]1)c1cccc(C=CCO)c1. The number of carbonyl (C=O) groups excluding carboxylic acids is 1. The molecule has 0 fully saturated rings. The number of nitrogens with one attached hydrogen (secondary N) is 1. The van der Waals surface area contributed by atoms with Crippen molar-refractivity contribution in [3.8, 4) is 0 Å². The summed E-state index contributed by atoms with van der Waals surface area (Å²) < 4.78 is 27.6. The number of carbonyl (C=O) groups is 1. The first kappa shape index (κ1) is 21.1. The number of Topliss-reactive ketones (excluding diaryl/α,β-unsaturated/α-hetero) is 1. The predicted octanol–water partition coefficient (Wildman–Crippen LogP) is 5.16. The molecule has 0 atom stereocenters. The van der Waals surface area contributed by atoms with Gasteiger partial charge in [0.25, 0.3) is 0 Å². The molecule has 4 aromatic rings. The highest BCUT2D eigenvalue weighted by Crippen LogP contribution is 2.29. The summed E-state index contributed by atoms with van der Waals surface area (Å²) in [6.07, 6.45) is 3.16. The number of hydrogen-bond donors (Lipinski definition) is 3. The smallest absolute Gasteiger partial charge is 0.200 e. The van der Waals surface area contributed by atoms with E-state index in [1.54, 1.807) is 54.6 Å². The third-order valence-electron chi connectivity index (χ3n) is 4.79. The number of aliphatic hydroxyl groups is 2. The van der Waals surface area contributed by atoms with E-state index in [2.05, 4.69) is 9.97 Å². The zero-order valence-corrected chi connectivity index (χ0v) is 16.7. The standard InChI is InChI=1S/C25H18F2N2O3/c26-18-12-17(13-19(27)14-18)24(32)22(25-28-20-8-1-2-9-21(20)29-25)23(31)16-7-3-5-15(11-16)6-4-10-30/h1-9,11-14,30,32H,10H2,(H,28,29). The normalized spacial score (nSPS) is 12.3. The monoisotopic (exact) mass is 432 g/mol. The Hall–Kier alpha value is -4.10. The van der Waals surface area contributed by atoms with E-state index >= 15 is 0 Å². The van der Waals surface area contributed by atoms with Crippen LogP contribution in [0.1, 0.15) is 27.3 Å². The number of hydrogen-bond acceptors (Lipinski definition) is 4. The van der Waals surface area contributed by atoms with Crippen LogP contribution in [0.4, 0.5) is 8.78 Å². The van der Waals surface area contributed by atoms with Crippen molar-refractivity contribution in [2.75, 3.05) is 6.61 Å². The van der Waals surface area contributed by atoms with Crippen LogP contribution in [0.3, 0.4) is 0 Å². The third kappa shape index (κ3) is 4.33. The van der Waals surface area contributed by atoms with Gasteiger partial charge in [0, 0.05) is 17.2 Å². The summed E-state index contributed by atoms with van der Waals surface area (Å²) in [6.45, 7) is -0.158. The number of para-hydroxylation sites is 2. The van der Waals surface area contributed by atoms with E-state index < -0.39 is 23.2 Å². The number of aromatic nitrogens is 2. The predicted molar refractivity (Wildman–Crippen MR) is 119 cm³/mol. The highest BCUT2D eigenvalue weighted by molar-refractivity contribution is 6.33. The minimum Gasteiger partial charge on any atom is -0.506 e. The van der Waals surface area contributed by atoms with Crippen molar-refractivity contribution in [2.24, 2.45) is 0 Å². The molecule has 0 saturated heterocycles. The van der Waals surface area contributed by atoms with Gasteiger partial charge in [-0.05, 0) is 35.9 Å². The molecule has 0 aliphatic heterocycles. The minimum atomic E-state index is -0.890. The van der Waals surface area contributed by atoms with Gasteiger partial charge in [-0.25, -0.2) is 13.8 Å². The maximum absolute atomic E-state index is 13.8. The average Bonchev–Trinajstić information content (AvgIpc) is 3.20. The second-order valence-electron chi connectivity index (χ2n) is 7.02. The lowest BCUT2D eigenvalue weighted by Gasteiger charge is -2.10. The Balaban J connectivity index is 1.91. The van der Waals surface area contributed by atoms with Crippen LogP contribution in [0.2, 0.25) is 0 Å². The highest BCUT2D eigenvalue weighted by atomic mass is 19.1. The molecule has 1 heterocycles. The van der Waals surface area contributed by atoms with Crippen LogP contribution in [0.5, 0.6) is 0 Å². The van der Waals surface area contributed by atoms with Crippen molar-refractivity contribution in [1.29, 1.82) is 0 Å². The maximum Gasteiger partial charge on any atom is 0.200 e. The quantitative estimate of drug-likeness (QED) is 0.223. The number of fused-ring (bicyclic) bond motifs is 1. The van der Waals surface area contributed by atoms with Gasteiger partial charge >= 0.3 is 0 Å². The summed E-state index contributed by atoms with van der Waals surface area (Å²) in [5, 5.41) is 20.0. The Kier molecular flexibility index (Phi) is 5.91. The number of imidazole rings is 1. The van der Waals surface area contributed by atoms with E-state index in [4.69, 9.17) is 5.11 Å². The van der Waals surface area contributed by atoms with E-state index in [1.807, 2.05) is 0 Å². The first-order chi connectivity index (χ1) is 15.5. The zero-order valence-electron chi connectivity index (χ0n) is 16.7. The van der Waals surface area contributed by atoms with Gasteiger partial charge in [-0.3, -0.25) is 4.79 Å². The lowest BCUT2D eigenvalue weighted by molar-refractivity contribution is 0.105. The van der Waals surface area contributed by atoms with Gasteiger partial charge in [-0.2, -0.15) is 0 Å². The second-order valence-corrected chi connectivity index (χ2v) is 7.02. The van der Waals surface area contributed by atoms with Crippen LogP contribution < -0.4 is 0 Å². The second kappa shape index (κ2) is 8.95. The molecule has 3 aromatic carbocycles. The summed E-state index contributed by atoms with van der Waals surface area (Å²) in [6, 6.07) is 16.1. The number of nitrogens with zero attached hydrogens (tertiary/aromatic N) is 1. The van der Waals surface area contributed by atoms with Crippen LogP contribution in [0.15, 0.2) is 72.8 Å². The fraction of sp³-hybridized carbons (Fsp3) is 0.0400. The van der Waals surface area contributed by atoms with E-state index in [0.29, 0.717) is 22.7 Å². The van der Waals surface area contributed by atoms with Crippen LogP contribution in [0, 0.1) is 11.6 Å². The summed E-state index contributed by atoms with van der Waals surface area (Å²) in [5.74, 6) is -2.91. The Morgan fingerprint density at radius 3 is 2.44 bits per heavy atom. The first-order valence-corrected chi connectivity index (χ1v) is 9.73. The molecule has 1 aromatic heterocycles. The molecule has 3 N–H and O–H groups in total. The molecule has 0 spiro atoms. The van der Waals surface area contributed by atoms with Crippen LogP contribution in [0.25, 0.3) is 28.4 Å². The van der Waals surface area contributed by atoms with Crippen molar-refractivity contribution in [3.05, 3.63) is 107 Å². The van der Waals surface area contributed by atoms with Crippen molar-refractivity contribution < 1.29 is 23.8 Å². The molecule has 0 saturated carbocycles. The Morgan fingerprint density at radius 2 is 1.72 bits per heavy atom. The average molecular weight is 432 g/mol. The zero-order chi connectivity index (χ0) is 22.7.